The van der Waals surface area contributed by atoms with E-state index in [-0.39, 0.29) is 5.66 Å². The van der Waals surface area contributed by atoms with E-state index in [1.807, 2.05) is 18.2 Å². The van der Waals surface area contributed by atoms with Crippen LogP contribution in [-0.2, 0) is 11.3 Å². The first kappa shape index (κ1) is 15.1. The Morgan fingerprint density at radius 3 is 2.70 bits per heavy atom. The molecule has 0 spiro atoms. The molecule has 0 saturated carbocycles. The third kappa shape index (κ3) is 3.63. The summed E-state index contributed by atoms with van der Waals surface area (Å²) in [5.41, 5.74) is 1.87. The average molecular weight is 276 g/mol. The predicted molar refractivity (Wildman–Crippen MR) is 79.8 cm³/mol. The standard InChI is InChI=1S/C15H21BO4/c1-3-5-13(4-2)19-10-11-6-7-14-12(8-11)9-15(20-14)16(17)18/h6-9,13,17-18H,3-5,10H2,1-2H3. The van der Waals surface area contributed by atoms with E-state index in [0.717, 1.165) is 30.2 Å². The van der Waals surface area contributed by atoms with Crippen molar-refractivity contribution in [3.8, 4) is 0 Å². The van der Waals surface area contributed by atoms with Crippen molar-refractivity contribution < 1.29 is 19.2 Å². The lowest BCUT2D eigenvalue weighted by molar-refractivity contribution is 0.0322. The molecule has 0 aliphatic carbocycles. The SMILES string of the molecule is CCCC(CC)OCc1ccc2oc(B(O)O)cc2c1. The highest BCUT2D eigenvalue weighted by Gasteiger charge is 2.17. The molecule has 2 N–H and O–H groups in total. The molecular weight excluding hydrogens is 255 g/mol. The van der Waals surface area contributed by atoms with Gasteiger partial charge in [-0.3, -0.25) is 0 Å². The lowest BCUT2D eigenvalue weighted by atomic mass is 9.88. The van der Waals surface area contributed by atoms with Crippen LogP contribution < -0.4 is 5.66 Å². The molecule has 2 aromatic rings. The Hall–Kier alpha value is -1.30. The van der Waals surface area contributed by atoms with Crippen molar-refractivity contribution >= 4 is 23.7 Å². The van der Waals surface area contributed by atoms with Gasteiger partial charge in [-0.05, 0) is 36.6 Å². The summed E-state index contributed by atoms with van der Waals surface area (Å²) in [5, 5.41) is 19.1. The highest BCUT2D eigenvalue weighted by molar-refractivity contribution is 6.57. The number of ether oxygens (including phenoxy) is 1. The van der Waals surface area contributed by atoms with E-state index < -0.39 is 7.12 Å². The average Bonchev–Trinajstić information content (AvgIpc) is 2.86. The van der Waals surface area contributed by atoms with Crippen LogP contribution in [0.5, 0.6) is 0 Å². The summed E-state index contributed by atoms with van der Waals surface area (Å²) in [4.78, 5) is 0. The van der Waals surface area contributed by atoms with Crippen LogP contribution in [0.2, 0.25) is 0 Å². The molecule has 1 aromatic heterocycles. The van der Waals surface area contributed by atoms with E-state index in [9.17, 15) is 0 Å². The Kier molecular flexibility index (Phi) is 5.23. The molecule has 1 unspecified atom stereocenters. The minimum atomic E-state index is -1.57. The Morgan fingerprint density at radius 2 is 2.05 bits per heavy atom. The van der Waals surface area contributed by atoms with Gasteiger partial charge < -0.3 is 19.2 Å². The van der Waals surface area contributed by atoms with Crippen molar-refractivity contribution in [2.45, 2.75) is 45.8 Å². The lowest BCUT2D eigenvalue weighted by Gasteiger charge is -2.15. The van der Waals surface area contributed by atoms with E-state index in [0.29, 0.717) is 18.3 Å². The van der Waals surface area contributed by atoms with Gasteiger partial charge in [0.15, 0.2) is 0 Å². The van der Waals surface area contributed by atoms with Gasteiger partial charge in [0.05, 0.1) is 12.7 Å². The van der Waals surface area contributed by atoms with Gasteiger partial charge in [0.2, 0.25) is 0 Å². The lowest BCUT2D eigenvalue weighted by Crippen LogP contribution is -2.27. The number of benzene rings is 1. The zero-order valence-corrected chi connectivity index (χ0v) is 12.0. The second-order valence-corrected chi connectivity index (χ2v) is 5.02. The van der Waals surface area contributed by atoms with E-state index in [2.05, 4.69) is 13.8 Å². The molecule has 0 bridgehead atoms. The van der Waals surface area contributed by atoms with Crippen molar-refractivity contribution in [1.29, 1.82) is 0 Å². The van der Waals surface area contributed by atoms with Crippen LogP contribution in [-0.4, -0.2) is 23.3 Å². The van der Waals surface area contributed by atoms with Gasteiger partial charge in [-0.15, -0.1) is 0 Å². The molecule has 0 saturated heterocycles. The first-order valence-electron chi connectivity index (χ1n) is 7.14. The van der Waals surface area contributed by atoms with Crippen LogP contribution >= 0.6 is 0 Å². The highest BCUT2D eigenvalue weighted by Crippen LogP contribution is 2.18. The van der Waals surface area contributed by atoms with Gasteiger partial charge >= 0.3 is 7.12 Å². The first-order chi connectivity index (χ1) is 9.63. The molecule has 108 valence electrons. The van der Waals surface area contributed by atoms with Crippen molar-refractivity contribution in [1.82, 2.24) is 0 Å². The summed E-state index contributed by atoms with van der Waals surface area (Å²) in [6.07, 6.45) is 3.51. The minimum absolute atomic E-state index is 0.162. The van der Waals surface area contributed by atoms with E-state index in [1.54, 1.807) is 6.07 Å². The molecule has 1 aromatic carbocycles. The predicted octanol–water partition coefficient (Wildman–Crippen LogP) is 2.21. The fourth-order valence-corrected chi connectivity index (χ4v) is 2.27. The first-order valence-corrected chi connectivity index (χ1v) is 7.14. The van der Waals surface area contributed by atoms with Crippen LogP contribution in [0.25, 0.3) is 11.0 Å². The smallest absolute Gasteiger partial charge is 0.465 e. The molecule has 4 nitrogen and oxygen atoms in total. The third-order valence-electron chi connectivity index (χ3n) is 3.41. The quantitative estimate of drug-likeness (QED) is 0.761. The number of fused-ring (bicyclic) bond motifs is 1. The van der Waals surface area contributed by atoms with Crippen LogP contribution in [0.3, 0.4) is 0 Å². The van der Waals surface area contributed by atoms with Crippen molar-refractivity contribution in [2.75, 3.05) is 0 Å². The van der Waals surface area contributed by atoms with Crippen LogP contribution in [0.15, 0.2) is 28.7 Å². The normalized spacial score (nSPS) is 12.8. The summed E-state index contributed by atoms with van der Waals surface area (Å²) in [6.45, 7) is 4.86. The second kappa shape index (κ2) is 6.93. The fourth-order valence-electron chi connectivity index (χ4n) is 2.27. The molecule has 0 radical (unpaired) electrons. The van der Waals surface area contributed by atoms with Crippen molar-refractivity contribution in [3.63, 3.8) is 0 Å². The summed E-state index contributed by atoms with van der Waals surface area (Å²) >= 11 is 0. The fraction of sp³-hybridized carbons (Fsp3) is 0.467. The summed E-state index contributed by atoms with van der Waals surface area (Å²) in [7, 11) is -1.57. The zero-order chi connectivity index (χ0) is 14.5. The zero-order valence-electron chi connectivity index (χ0n) is 12.0. The second-order valence-electron chi connectivity index (χ2n) is 5.02. The maximum absolute atomic E-state index is 9.10. The van der Waals surface area contributed by atoms with E-state index >= 15 is 0 Å². The molecule has 20 heavy (non-hydrogen) atoms. The molecule has 0 amide bonds. The van der Waals surface area contributed by atoms with Gasteiger partial charge in [-0.1, -0.05) is 26.3 Å². The van der Waals surface area contributed by atoms with Crippen LogP contribution in [0.4, 0.5) is 0 Å². The molecule has 0 fully saturated rings. The molecule has 1 heterocycles. The highest BCUT2D eigenvalue weighted by atomic mass is 16.5. The van der Waals surface area contributed by atoms with E-state index in [4.69, 9.17) is 19.2 Å². The molecule has 0 aliphatic heterocycles. The monoisotopic (exact) mass is 276 g/mol. The third-order valence-corrected chi connectivity index (χ3v) is 3.41. The van der Waals surface area contributed by atoms with Gasteiger partial charge in [0.1, 0.15) is 11.2 Å². The number of hydrogen-bond acceptors (Lipinski definition) is 4. The van der Waals surface area contributed by atoms with Gasteiger partial charge in [0, 0.05) is 5.39 Å². The largest absolute Gasteiger partial charge is 0.526 e. The van der Waals surface area contributed by atoms with Crippen molar-refractivity contribution in [3.05, 3.63) is 29.8 Å². The Morgan fingerprint density at radius 1 is 1.25 bits per heavy atom. The number of hydrogen-bond donors (Lipinski definition) is 2. The maximum Gasteiger partial charge on any atom is 0.526 e. The minimum Gasteiger partial charge on any atom is -0.465 e. The Labute approximate surface area is 119 Å². The van der Waals surface area contributed by atoms with Gasteiger partial charge in [-0.25, -0.2) is 0 Å². The van der Waals surface area contributed by atoms with Crippen molar-refractivity contribution in [2.24, 2.45) is 0 Å². The Bertz CT molecular complexity index is 550. The van der Waals surface area contributed by atoms with Crippen LogP contribution in [0.1, 0.15) is 38.7 Å². The molecule has 5 heteroatoms. The van der Waals surface area contributed by atoms with E-state index in [1.165, 1.54) is 0 Å². The maximum atomic E-state index is 9.10. The Balaban J connectivity index is 2.07. The molecule has 1 atom stereocenters. The summed E-state index contributed by atoms with van der Waals surface area (Å²) in [6, 6.07) is 7.38. The molecule has 2 rings (SSSR count). The van der Waals surface area contributed by atoms with Crippen LogP contribution in [0, 0.1) is 0 Å². The number of furan rings is 1. The summed E-state index contributed by atoms with van der Waals surface area (Å²) < 4.78 is 11.2. The molecular formula is C15H21BO4. The molecule has 0 aliphatic rings. The topological polar surface area (TPSA) is 62.8 Å². The van der Waals surface area contributed by atoms with Gasteiger partial charge in [-0.2, -0.15) is 0 Å². The number of rotatable bonds is 7. The van der Waals surface area contributed by atoms with Gasteiger partial charge in [0.25, 0.3) is 0 Å². The summed E-state index contributed by atoms with van der Waals surface area (Å²) in [5.74, 6) is 0.